The van der Waals surface area contributed by atoms with E-state index in [1.807, 2.05) is 18.2 Å². The average Bonchev–Trinajstić information content (AvgIpc) is 2.42. The molecule has 0 amide bonds. The molecular formula is C15H12O3S. The average molecular weight is 272 g/mol. The van der Waals surface area contributed by atoms with Crippen LogP contribution in [0.15, 0.2) is 35.2 Å². The molecule has 0 aromatic heterocycles. The third kappa shape index (κ3) is 1.92. The van der Waals surface area contributed by atoms with Crippen molar-refractivity contribution in [2.45, 2.75) is 18.2 Å². The quantitative estimate of drug-likeness (QED) is 0.486. The molecular weight excluding hydrogens is 260 g/mol. The molecule has 2 aromatic rings. The summed E-state index contributed by atoms with van der Waals surface area (Å²) in [6.07, 6.45) is 1.08. The van der Waals surface area contributed by atoms with Crippen molar-refractivity contribution < 1.29 is 14.3 Å². The number of rotatable bonds is 3. The highest BCUT2D eigenvalue weighted by atomic mass is 32.2. The third-order valence-corrected chi connectivity index (χ3v) is 4.37. The minimum atomic E-state index is -0.555. The summed E-state index contributed by atoms with van der Waals surface area (Å²) in [6.45, 7) is 2.12. The first-order valence-electron chi connectivity index (χ1n) is 6.17. The van der Waals surface area contributed by atoms with Crippen LogP contribution in [-0.2, 0) is 4.74 Å². The van der Waals surface area contributed by atoms with Crippen molar-refractivity contribution in [1.29, 1.82) is 0 Å². The van der Waals surface area contributed by atoms with Crippen molar-refractivity contribution in [3.05, 3.63) is 41.5 Å². The van der Waals surface area contributed by atoms with E-state index in [0.29, 0.717) is 11.1 Å². The number of benzene rings is 2. The van der Waals surface area contributed by atoms with E-state index >= 15 is 0 Å². The van der Waals surface area contributed by atoms with Crippen LogP contribution in [-0.4, -0.2) is 17.7 Å². The molecule has 3 rings (SSSR count). The molecule has 19 heavy (non-hydrogen) atoms. The van der Waals surface area contributed by atoms with Crippen LogP contribution >= 0.6 is 11.8 Å². The molecule has 1 heterocycles. The van der Waals surface area contributed by atoms with Crippen molar-refractivity contribution in [1.82, 2.24) is 0 Å². The molecule has 0 saturated heterocycles. The van der Waals surface area contributed by atoms with Gasteiger partial charge in [-0.1, -0.05) is 19.1 Å². The number of hydrogen-bond donors (Lipinski definition) is 0. The second-order valence-corrected chi connectivity index (χ2v) is 5.50. The zero-order valence-electron chi connectivity index (χ0n) is 10.4. The molecule has 4 heteroatoms. The SMILES string of the molecule is CCCSc1ccc2c3c(cccc13)C(=O)OC2=O. The normalized spacial score (nSPS) is 13.7. The Kier molecular flexibility index (Phi) is 3.03. The maximum Gasteiger partial charge on any atom is 0.346 e. The Bertz CT molecular complexity index is 671. The van der Waals surface area contributed by atoms with E-state index in [0.717, 1.165) is 27.8 Å². The van der Waals surface area contributed by atoms with Gasteiger partial charge in [0.05, 0.1) is 11.1 Å². The number of thioether (sulfide) groups is 1. The minimum Gasteiger partial charge on any atom is -0.386 e. The Morgan fingerprint density at radius 2 is 1.79 bits per heavy atom. The molecule has 0 spiro atoms. The molecule has 0 saturated carbocycles. The van der Waals surface area contributed by atoms with Gasteiger partial charge in [0.15, 0.2) is 0 Å². The lowest BCUT2D eigenvalue weighted by molar-refractivity contribution is 0.0391. The van der Waals surface area contributed by atoms with Crippen molar-refractivity contribution in [2.75, 3.05) is 5.75 Å². The highest BCUT2D eigenvalue weighted by molar-refractivity contribution is 7.99. The molecule has 0 fully saturated rings. The Balaban J connectivity index is 2.29. The van der Waals surface area contributed by atoms with Crippen LogP contribution < -0.4 is 0 Å². The summed E-state index contributed by atoms with van der Waals surface area (Å²) in [5.41, 5.74) is 0.956. The summed E-state index contributed by atoms with van der Waals surface area (Å²) in [6, 6.07) is 9.16. The predicted octanol–water partition coefficient (Wildman–Crippen LogP) is 3.65. The summed E-state index contributed by atoms with van der Waals surface area (Å²) >= 11 is 1.74. The van der Waals surface area contributed by atoms with Gasteiger partial charge in [-0.15, -0.1) is 11.8 Å². The molecule has 1 aliphatic rings. The summed E-state index contributed by atoms with van der Waals surface area (Å²) in [4.78, 5) is 24.6. The number of esters is 2. The van der Waals surface area contributed by atoms with Crippen molar-refractivity contribution in [3.8, 4) is 0 Å². The van der Waals surface area contributed by atoms with Gasteiger partial charge in [-0.2, -0.15) is 0 Å². The lowest BCUT2D eigenvalue weighted by Gasteiger charge is -2.17. The van der Waals surface area contributed by atoms with Crippen molar-refractivity contribution in [3.63, 3.8) is 0 Å². The van der Waals surface area contributed by atoms with Crippen LogP contribution in [0.3, 0.4) is 0 Å². The van der Waals surface area contributed by atoms with Crippen LogP contribution in [0.1, 0.15) is 34.1 Å². The van der Waals surface area contributed by atoms with Gasteiger partial charge in [0.2, 0.25) is 0 Å². The van der Waals surface area contributed by atoms with Gasteiger partial charge in [-0.25, -0.2) is 9.59 Å². The van der Waals surface area contributed by atoms with E-state index in [2.05, 4.69) is 6.92 Å². The van der Waals surface area contributed by atoms with E-state index in [9.17, 15) is 9.59 Å². The monoisotopic (exact) mass is 272 g/mol. The number of carbonyl (C=O) groups excluding carboxylic acids is 2. The maximum absolute atomic E-state index is 11.8. The lowest BCUT2D eigenvalue weighted by Crippen LogP contribution is -2.19. The fraction of sp³-hybridized carbons (Fsp3) is 0.200. The second-order valence-electron chi connectivity index (χ2n) is 4.36. The van der Waals surface area contributed by atoms with E-state index in [1.54, 1.807) is 23.9 Å². The highest BCUT2D eigenvalue weighted by Crippen LogP contribution is 2.35. The lowest BCUT2D eigenvalue weighted by atomic mass is 9.97. The Hall–Kier alpha value is -1.81. The molecule has 1 aliphatic heterocycles. The Labute approximate surface area is 114 Å². The highest BCUT2D eigenvalue weighted by Gasteiger charge is 2.27. The molecule has 0 aliphatic carbocycles. The first-order chi connectivity index (χ1) is 9.22. The zero-order chi connectivity index (χ0) is 13.4. The van der Waals surface area contributed by atoms with Crippen LogP contribution in [0.5, 0.6) is 0 Å². The molecule has 0 radical (unpaired) electrons. The maximum atomic E-state index is 11.8. The number of ether oxygens (including phenoxy) is 1. The molecule has 2 aromatic carbocycles. The van der Waals surface area contributed by atoms with Gasteiger partial charge in [-0.3, -0.25) is 0 Å². The number of hydrogen-bond acceptors (Lipinski definition) is 4. The third-order valence-electron chi connectivity index (χ3n) is 3.09. The zero-order valence-corrected chi connectivity index (χ0v) is 11.3. The summed E-state index contributed by atoms with van der Waals surface area (Å²) in [7, 11) is 0. The standard InChI is InChI=1S/C15H12O3S/c1-2-8-19-12-7-6-11-13-9(12)4-3-5-10(13)14(16)18-15(11)17/h3-7H,2,8H2,1H3. The Morgan fingerprint density at radius 1 is 1.05 bits per heavy atom. The van der Waals surface area contributed by atoms with Crippen LogP contribution in [0.25, 0.3) is 10.8 Å². The van der Waals surface area contributed by atoms with Crippen LogP contribution in [0.4, 0.5) is 0 Å². The molecule has 96 valence electrons. The molecule has 0 atom stereocenters. The van der Waals surface area contributed by atoms with Gasteiger partial charge in [0.1, 0.15) is 0 Å². The summed E-state index contributed by atoms with van der Waals surface area (Å²) < 4.78 is 4.74. The van der Waals surface area contributed by atoms with Crippen LogP contribution in [0, 0.1) is 0 Å². The first-order valence-corrected chi connectivity index (χ1v) is 7.16. The van der Waals surface area contributed by atoms with Gasteiger partial charge < -0.3 is 4.74 Å². The molecule has 0 bridgehead atoms. The Morgan fingerprint density at radius 3 is 2.53 bits per heavy atom. The van der Waals surface area contributed by atoms with Crippen LogP contribution in [0.2, 0.25) is 0 Å². The predicted molar refractivity (Wildman–Crippen MR) is 74.7 cm³/mol. The summed E-state index contributed by atoms with van der Waals surface area (Å²) in [5, 5.41) is 1.68. The second kappa shape index (κ2) is 4.70. The first kappa shape index (κ1) is 12.2. The topological polar surface area (TPSA) is 43.4 Å². The fourth-order valence-electron chi connectivity index (χ4n) is 2.25. The van der Waals surface area contributed by atoms with Crippen molar-refractivity contribution >= 4 is 34.5 Å². The summed E-state index contributed by atoms with van der Waals surface area (Å²) in [5.74, 6) is -0.0988. The van der Waals surface area contributed by atoms with E-state index in [-0.39, 0.29) is 0 Å². The largest absolute Gasteiger partial charge is 0.386 e. The molecule has 0 N–H and O–H groups in total. The van der Waals surface area contributed by atoms with E-state index in [4.69, 9.17) is 4.74 Å². The van der Waals surface area contributed by atoms with E-state index < -0.39 is 11.9 Å². The van der Waals surface area contributed by atoms with Gasteiger partial charge in [-0.05, 0) is 35.8 Å². The van der Waals surface area contributed by atoms with Gasteiger partial charge in [0, 0.05) is 10.3 Å². The smallest absolute Gasteiger partial charge is 0.346 e. The molecule has 0 unspecified atom stereocenters. The van der Waals surface area contributed by atoms with Gasteiger partial charge >= 0.3 is 11.9 Å². The minimum absolute atomic E-state index is 0.478. The number of carbonyl (C=O) groups is 2. The van der Waals surface area contributed by atoms with Gasteiger partial charge in [0.25, 0.3) is 0 Å². The van der Waals surface area contributed by atoms with Crippen molar-refractivity contribution in [2.24, 2.45) is 0 Å². The molecule has 3 nitrogen and oxygen atoms in total. The van der Waals surface area contributed by atoms with E-state index in [1.165, 1.54) is 0 Å². The fourth-order valence-corrected chi connectivity index (χ4v) is 3.17. The number of cyclic esters (lactones) is 2.